The number of ether oxygens (including phenoxy) is 2. The van der Waals surface area contributed by atoms with Crippen molar-refractivity contribution in [2.24, 2.45) is 0 Å². The second-order valence-electron chi connectivity index (χ2n) is 6.49. The SMILES string of the molecule is COc1cccc(Nc2nc(Nc3ccc(OCCO)cc3)nc3ccccc23)c1.Cl. The highest BCUT2D eigenvalue weighted by molar-refractivity contribution is 5.92. The van der Waals surface area contributed by atoms with E-state index in [0.717, 1.165) is 28.0 Å². The largest absolute Gasteiger partial charge is 0.497 e. The molecule has 0 unspecified atom stereocenters. The number of nitrogens with zero attached hydrogens (tertiary/aromatic N) is 2. The second-order valence-corrected chi connectivity index (χ2v) is 6.49. The van der Waals surface area contributed by atoms with Gasteiger partial charge in [0, 0.05) is 22.8 Å². The summed E-state index contributed by atoms with van der Waals surface area (Å²) in [5.74, 6) is 2.62. The van der Waals surface area contributed by atoms with Crippen molar-refractivity contribution in [2.45, 2.75) is 0 Å². The fourth-order valence-corrected chi connectivity index (χ4v) is 2.99. The van der Waals surface area contributed by atoms with Crippen molar-refractivity contribution < 1.29 is 14.6 Å². The molecule has 0 fully saturated rings. The number of nitrogens with one attached hydrogen (secondary N) is 2. The minimum absolute atomic E-state index is 0. The van der Waals surface area contributed by atoms with Crippen LogP contribution in [0.1, 0.15) is 0 Å². The van der Waals surface area contributed by atoms with Gasteiger partial charge in [0.1, 0.15) is 23.9 Å². The summed E-state index contributed by atoms with van der Waals surface area (Å²) in [6.45, 7) is 0.244. The topological polar surface area (TPSA) is 88.5 Å². The van der Waals surface area contributed by atoms with Gasteiger partial charge in [-0.2, -0.15) is 4.98 Å². The Morgan fingerprint density at radius 3 is 2.42 bits per heavy atom. The lowest BCUT2D eigenvalue weighted by molar-refractivity contribution is 0.201. The summed E-state index contributed by atoms with van der Waals surface area (Å²) in [5.41, 5.74) is 2.52. The van der Waals surface area contributed by atoms with E-state index in [1.54, 1.807) is 7.11 Å². The predicted octanol–water partition coefficient (Wildman–Crippen LogP) is 4.92. The molecule has 1 aromatic heterocycles. The lowest BCUT2D eigenvalue weighted by Crippen LogP contribution is -2.03. The maximum absolute atomic E-state index is 8.86. The van der Waals surface area contributed by atoms with E-state index >= 15 is 0 Å². The van der Waals surface area contributed by atoms with Crippen molar-refractivity contribution in [2.75, 3.05) is 31.0 Å². The molecule has 3 aromatic carbocycles. The molecule has 31 heavy (non-hydrogen) atoms. The van der Waals surface area contributed by atoms with Gasteiger partial charge in [-0.1, -0.05) is 18.2 Å². The molecule has 4 rings (SSSR count). The van der Waals surface area contributed by atoms with Gasteiger partial charge in [-0.05, 0) is 48.5 Å². The molecule has 3 N–H and O–H groups in total. The summed E-state index contributed by atoms with van der Waals surface area (Å²) in [5, 5.41) is 16.4. The molecule has 0 amide bonds. The Morgan fingerprint density at radius 1 is 0.839 bits per heavy atom. The monoisotopic (exact) mass is 438 g/mol. The Kier molecular flexibility index (Phi) is 7.48. The van der Waals surface area contributed by atoms with Gasteiger partial charge in [0.2, 0.25) is 5.95 Å². The predicted molar refractivity (Wildman–Crippen MR) is 125 cm³/mol. The van der Waals surface area contributed by atoms with E-state index in [9.17, 15) is 0 Å². The van der Waals surface area contributed by atoms with Crippen molar-refractivity contribution in [3.63, 3.8) is 0 Å². The van der Waals surface area contributed by atoms with E-state index < -0.39 is 0 Å². The van der Waals surface area contributed by atoms with E-state index in [4.69, 9.17) is 14.6 Å². The van der Waals surface area contributed by atoms with Crippen molar-refractivity contribution in [3.05, 3.63) is 72.8 Å². The van der Waals surface area contributed by atoms with Gasteiger partial charge in [-0.25, -0.2) is 4.98 Å². The number of rotatable bonds is 8. The smallest absolute Gasteiger partial charge is 0.229 e. The van der Waals surface area contributed by atoms with E-state index in [2.05, 4.69) is 20.6 Å². The van der Waals surface area contributed by atoms with Crippen LogP contribution in [0, 0.1) is 0 Å². The van der Waals surface area contributed by atoms with Gasteiger partial charge in [0.15, 0.2) is 0 Å². The second kappa shape index (κ2) is 10.5. The van der Waals surface area contributed by atoms with Gasteiger partial charge < -0.3 is 25.2 Å². The number of hydrogen-bond acceptors (Lipinski definition) is 7. The first-order valence-electron chi connectivity index (χ1n) is 9.54. The molecule has 0 radical (unpaired) electrons. The lowest BCUT2D eigenvalue weighted by atomic mass is 10.2. The standard InChI is InChI=1S/C23H22N4O3.ClH/c1-29-19-6-4-5-17(15-19)24-22-20-7-2-3-8-21(20)26-23(27-22)25-16-9-11-18(12-10-16)30-14-13-28;/h2-12,15,28H,13-14H2,1H3,(H2,24,25,26,27);1H. The average molecular weight is 439 g/mol. The van der Waals surface area contributed by atoms with Gasteiger partial charge in [-0.3, -0.25) is 0 Å². The zero-order chi connectivity index (χ0) is 20.8. The number of aromatic nitrogens is 2. The van der Waals surface area contributed by atoms with Crippen LogP contribution < -0.4 is 20.1 Å². The number of halogens is 1. The van der Waals surface area contributed by atoms with E-state index in [-0.39, 0.29) is 25.6 Å². The van der Waals surface area contributed by atoms with Gasteiger partial charge in [0.05, 0.1) is 19.2 Å². The third kappa shape index (κ3) is 5.53. The first-order chi connectivity index (χ1) is 14.7. The number of benzene rings is 3. The molecule has 0 aliphatic carbocycles. The normalized spacial score (nSPS) is 10.3. The van der Waals surface area contributed by atoms with Crippen LogP contribution in [0.2, 0.25) is 0 Å². The Balaban J connectivity index is 0.00000272. The zero-order valence-corrected chi connectivity index (χ0v) is 17.7. The summed E-state index contributed by atoms with van der Waals surface area (Å²) in [7, 11) is 1.64. The van der Waals surface area contributed by atoms with Crippen molar-refractivity contribution in [3.8, 4) is 11.5 Å². The van der Waals surface area contributed by atoms with Gasteiger partial charge >= 0.3 is 0 Å². The maximum Gasteiger partial charge on any atom is 0.229 e. The molecule has 0 aliphatic heterocycles. The fourth-order valence-electron chi connectivity index (χ4n) is 2.99. The summed E-state index contributed by atoms with van der Waals surface area (Å²) in [4.78, 5) is 9.31. The fraction of sp³-hybridized carbons (Fsp3) is 0.130. The van der Waals surface area contributed by atoms with Crippen molar-refractivity contribution in [1.29, 1.82) is 0 Å². The van der Waals surface area contributed by atoms with E-state index in [1.807, 2.05) is 72.8 Å². The Morgan fingerprint density at radius 2 is 1.65 bits per heavy atom. The number of aliphatic hydroxyl groups excluding tert-OH is 1. The molecule has 0 bridgehead atoms. The van der Waals surface area contributed by atoms with Crippen LogP contribution in [-0.4, -0.2) is 35.4 Å². The quantitative estimate of drug-likeness (QED) is 0.360. The molecule has 0 saturated carbocycles. The molecular formula is C23H23ClN4O3. The zero-order valence-electron chi connectivity index (χ0n) is 16.9. The first-order valence-corrected chi connectivity index (χ1v) is 9.54. The van der Waals surface area contributed by atoms with E-state index in [1.165, 1.54) is 0 Å². The summed E-state index contributed by atoms with van der Waals surface area (Å²) < 4.78 is 10.7. The van der Waals surface area contributed by atoms with Crippen LogP contribution in [0.5, 0.6) is 11.5 Å². The number of para-hydroxylation sites is 1. The van der Waals surface area contributed by atoms with Crippen LogP contribution in [-0.2, 0) is 0 Å². The average Bonchev–Trinajstić information content (AvgIpc) is 2.79. The molecule has 4 aromatic rings. The Labute approximate surface area is 186 Å². The molecule has 160 valence electrons. The van der Waals surface area contributed by atoms with Crippen LogP contribution >= 0.6 is 12.4 Å². The van der Waals surface area contributed by atoms with Crippen molar-refractivity contribution >= 4 is 46.5 Å². The van der Waals surface area contributed by atoms with Gasteiger partial charge in [0.25, 0.3) is 0 Å². The molecule has 0 saturated heterocycles. The number of aliphatic hydroxyl groups is 1. The minimum atomic E-state index is -0.0198. The molecular weight excluding hydrogens is 416 g/mol. The first kappa shape index (κ1) is 22.1. The van der Waals surface area contributed by atoms with Gasteiger partial charge in [-0.15, -0.1) is 12.4 Å². The number of anilines is 4. The van der Waals surface area contributed by atoms with Crippen LogP contribution in [0.25, 0.3) is 10.9 Å². The highest BCUT2D eigenvalue weighted by Crippen LogP contribution is 2.28. The van der Waals surface area contributed by atoms with Crippen LogP contribution in [0.4, 0.5) is 23.1 Å². The third-order valence-electron chi connectivity index (χ3n) is 4.41. The summed E-state index contributed by atoms with van der Waals surface area (Å²) in [6.07, 6.45) is 0. The highest BCUT2D eigenvalue weighted by Gasteiger charge is 2.09. The Hall–Kier alpha value is -3.55. The van der Waals surface area contributed by atoms with E-state index in [0.29, 0.717) is 17.5 Å². The lowest BCUT2D eigenvalue weighted by Gasteiger charge is -2.13. The molecule has 0 spiro atoms. The molecule has 8 heteroatoms. The number of hydrogen-bond donors (Lipinski definition) is 3. The summed E-state index contributed by atoms with van der Waals surface area (Å²) >= 11 is 0. The molecule has 0 aliphatic rings. The third-order valence-corrected chi connectivity index (χ3v) is 4.41. The molecule has 7 nitrogen and oxygen atoms in total. The number of fused-ring (bicyclic) bond motifs is 1. The minimum Gasteiger partial charge on any atom is -0.497 e. The molecule has 1 heterocycles. The molecule has 0 atom stereocenters. The highest BCUT2D eigenvalue weighted by atomic mass is 35.5. The van der Waals surface area contributed by atoms with Crippen molar-refractivity contribution in [1.82, 2.24) is 9.97 Å². The maximum atomic E-state index is 8.86. The Bertz CT molecular complexity index is 1140. The number of methoxy groups -OCH3 is 1. The summed E-state index contributed by atoms with van der Waals surface area (Å²) in [6, 6.07) is 22.9. The van der Waals surface area contributed by atoms with Crippen LogP contribution in [0.15, 0.2) is 72.8 Å². The van der Waals surface area contributed by atoms with Crippen LogP contribution in [0.3, 0.4) is 0 Å².